The fraction of sp³-hybridized carbons (Fsp3) is 0.294. The number of para-hydroxylation sites is 1. The van der Waals surface area contributed by atoms with Gasteiger partial charge in [-0.15, -0.1) is 0 Å². The Bertz CT molecular complexity index is 569. The van der Waals surface area contributed by atoms with Crippen LogP contribution in [0.15, 0.2) is 42.5 Å². The summed E-state index contributed by atoms with van der Waals surface area (Å²) in [6, 6.07) is 12.8. The van der Waals surface area contributed by atoms with Crippen LogP contribution in [0, 0.1) is 12.7 Å². The van der Waals surface area contributed by atoms with E-state index < -0.39 is 0 Å². The Kier molecular flexibility index (Phi) is 5.13. The van der Waals surface area contributed by atoms with Gasteiger partial charge in [0.15, 0.2) is 0 Å². The maximum absolute atomic E-state index is 13.1. The molecule has 0 aliphatic rings. The fourth-order valence-corrected chi connectivity index (χ4v) is 2.03. The summed E-state index contributed by atoms with van der Waals surface area (Å²) in [5.74, 6) is 0.663. The lowest BCUT2D eigenvalue weighted by molar-refractivity contribution is 0.301. The first-order valence-electron chi connectivity index (χ1n) is 6.87. The van der Waals surface area contributed by atoms with Gasteiger partial charge in [-0.1, -0.05) is 31.2 Å². The molecule has 0 fully saturated rings. The molecule has 1 N–H and O–H groups in total. The predicted molar refractivity (Wildman–Crippen MR) is 79.3 cm³/mol. The standard InChI is InChI=1S/C17H20FNO/c1-3-19-11-14-6-4-5-7-17(14)20-12-15-8-9-16(18)10-13(15)2/h4-10,19H,3,11-12H2,1-2H3. The SMILES string of the molecule is CCNCc1ccccc1OCc1ccc(F)cc1C. The number of ether oxygens (including phenoxy) is 1. The highest BCUT2D eigenvalue weighted by atomic mass is 19.1. The van der Waals surface area contributed by atoms with Crippen molar-refractivity contribution in [1.29, 1.82) is 0 Å². The second-order valence-corrected chi connectivity index (χ2v) is 4.75. The third-order valence-electron chi connectivity index (χ3n) is 3.23. The lowest BCUT2D eigenvalue weighted by Gasteiger charge is -2.13. The van der Waals surface area contributed by atoms with Crippen LogP contribution in [0.1, 0.15) is 23.6 Å². The van der Waals surface area contributed by atoms with Crippen LogP contribution < -0.4 is 10.1 Å². The van der Waals surface area contributed by atoms with Gasteiger partial charge in [-0.2, -0.15) is 0 Å². The second-order valence-electron chi connectivity index (χ2n) is 4.75. The van der Waals surface area contributed by atoms with Gasteiger partial charge >= 0.3 is 0 Å². The predicted octanol–water partition coefficient (Wildman–Crippen LogP) is 3.82. The minimum atomic E-state index is -0.209. The zero-order valence-electron chi connectivity index (χ0n) is 11.9. The highest BCUT2D eigenvalue weighted by Crippen LogP contribution is 2.20. The number of aryl methyl sites for hydroxylation is 1. The highest BCUT2D eigenvalue weighted by Gasteiger charge is 2.05. The van der Waals surface area contributed by atoms with Crippen LogP contribution in [0.2, 0.25) is 0 Å². The largest absolute Gasteiger partial charge is 0.489 e. The van der Waals surface area contributed by atoms with E-state index in [1.54, 1.807) is 6.07 Å². The van der Waals surface area contributed by atoms with Crippen molar-refractivity contribution in [3.8, 4) is 5.75 Å². The number of halogens is 1. The summed E-state index contributed by atoms with van der Waals surface area (Å²) in [5, 5.41) is 3.29. The molecule has 0 atom stereocenters. The van der Waals surface area contributed by atoms with Gasteiger partial charge in [0.25, 0.3) is 0 Å². The average Bonchev–Trinajstić information content (AvgIpc) is 2.45. The van der Waals surface area contributed by atoms with Crippen LogP contribution in [0.3, 0.4) is 0 Å². The zero-order chi connectivity index (χ0) is 14.4. The number of hydrogen-bond donors (Lipinski definition) is 1. The molecule has 0 saturated carbocycles. The molecule has 0 aliphatic heterocycles. The van der Waals surface area contributed by atoms with E-state index in [9.17, 15) is 4.39 Å². The zero-order valence-corrected chi connectivity index (χ0v) is 11.9. The van der Waals surface area contributed by atoms with Crippen LogP contribution in [0.5, 0.6) is 5.75 Å². The molecule has 2 nitrogen and oxygen atoms in total. The molecule has 3 heteroatoms. The van der Waals surface area contributed by atoms with E-state index in [0.29, 0.717) is 6.61 Å². The van der Waals surface area contributed by atoms with Crippen LogP contribution in [0.25, 0.3) is 0 Å². The maximum atomic E-state index is 13.1. The van der Waals surface area contributed by atoms with Crippen LogP contribution >= 0.6 is 0 Å². The van der Waals surface area contributed by atoms with Gasteiger partial charge in [0, 0.05) is 12.1 Å². The van der Waals surface area contributed by atoms with E-state index >= 15 is 0 Å². The quantitative estimate of drug-likeness (QED) is 0.864. The number of nitrogens with one attached hydrogen (secondary N) is 1. The van der Waals surface area contributed by atoms with Crippen LogP contribution in [-0.4, -0.2) is 6.54 Å². The molecular formula is C17H20FNO. The van der Waals surface area contributed by atoms with E-state index in [4.69, 9.17) is 4.74 Å². The molecular weight excluding hydrogens is 253 g/mol. The molecule has 0 radical (unpaired) electrons. The van der Waals surface area contributed by atoms with Crippen molar-refractivity contribution < 1.29 is 9.13 Å². The van der Waals surface area contributed by atoms with Gasteiger partial charge in [0.1, 0.15) is 18.2 Å². The first-order valence-corrected chi connectivity index (χ1v) is 6.87. The van der Waals surface area contributed by atoms with Gasteiger partial charge in [0.05, 0.1) is 0 Å². The van der Waals surface area contributed by atoms with Crippen molar-refractivity contribution in [3.63, 3.8) is 0 Å². The summed E-state index contributed by atoms with van der Waals surface area (Å²) in [5.41, 5.74) is 3.05. The summed E-state index contributed by atoms with van der Waals surface area (Å²) < 4.78 is 18.9. The third-order valence-corrected chi connectivity index (χ3v) is 3.23. The normalized spacial score (nSPS) is 10.6. The molecule has 106 valence electrons. The van der Waals surface area contributed by atoms with E-state index in [1.807, 2.05) is 25.1 Å². The summed E-state index contributed by atoms with van der Waals surface area (Å²) in [6.45, 7) is 6.13. The molecule has 0 saturated heterocycles. The Labute approximate surface area is 119 Å². The molecule has 0 aromatic heterocycles. The van der Waals surface area contributed by atoms with E-state index in [-0.39, 0.29) is 5.82 Å². The molecule has 20 heavy (non-hydrogen) atoms. The Balaban J connectivity index is 2.06. The van der Waals surface area contributed by atoms with Crippen LogP contribution in [-0.2, 0) is 13.2 Å². The summed E-state index contributed by atoms with van der Waals surface area (Å²) in [7, 11) is 0. The minimum absolute atomic E-state index is 0.209. The van der Waals surface area contributed by atoms with Gasteiger partial charge in [-0.05, 0) is 42.8 Å². The minimum Gasteiger partial charge on any atom is -0.489 e. The number of rotatable bonds is 6. The molecule has 0 spiro atoms. The topological polar surface area (TPSA) is 21.3 Å². The second kappa shape index (κ2) is 7.06. The van der Waals surface area contributed by atoms with E-state index in [0.717, 1.165) is 35.5 Å². The summed E-state index contributed by atoms with van der Waals surface area (Å²) >= 11 is 0. The number of hydrogen-bond acceptors (Lipinski definition) is 2. The molecule has 0 amide bonds. The monoisotopic (exact) mass is 273 g/mol. The van der Waals surface area contributed by atoms with Gasteiger partial charge in [0.2, 0.25) is 0 Å². The van der Waals surface area contributed by atoms with Crippen molar-refractivity contribution >= 4 is 0 Å². The third kappa shape index (κ3) is 3.81. The lowest BCUT2D eigenvalue weighted by Crippen LogP contribution is -2.12. The molecule has 2 aromatic carbocycles. The average molecular weight is 273 g/mol. The molecule has 0 aliphatic carbocycles. The highest BCUT2D eigenvalue weighted by molar-refractivity contribution is 5.34. The lowest BCUT2D eigenvalue weighted by atomic mass is 10.1. The van der Waals surface area contributed by atoms with Crippen molar-refractivity contribution in [1.82, 2.24) is 5.32 Å². The van der Waals surface area contributed by atoms with Gasteiger partial charge in [-0.25, -0.2) is 4.39 Å². The summed E-state index contributed by atoms with van der Waals surface area (Å²) in [6.07, 6.45) is 0. The van der Waals surface area contributed by atoms with Crippen molar-refractivity contribution in [2.45, 2.75) is 27.0 Å². The first kappa shape index (κ1) is 14.5. The Morgan fingerprint density at radius 2 is 1.90 bits per heavy atom. The van der Waals surface area contributed by atoms with Crippen LogP contribution in [0.4, 0.5) is 4.39 Å². The number of benzene rings is 2. The van der Waals surface area contributed by atoms with Crippen molar-refractivity contribution in [3.05, 3.63) is 65.0 Å². The molecule has 0 unspecified atom stereocenters. The van der Waals surface area contributed by atoms with Gasteiger partial charge < -0.3 is 10.1 Å². The van der Waals surface area contributed by atoms with Crippen molar-refractivity contribution in [2.75, 3.05) is 6.54 Å². The molecule has 0 heterocycles. The summed E-state index contributed by atoms with van der Waals surface area (Å²) in [4.78, 5) is 0. The molecule has 2 rings (SSSR count). The van der Waals surface area contributed by atoms with E-state index in [1.165, 1.54) is 12.1 Å². The smallest absolute Gasteiger partial charge is 0.124 e. The first-order chi connectivity index (χ1) is 9.70. The Hall–Kier alpha value is -1.87. The van der Waals surface area contributed by atoms with Crippen molar-refractivity contribution in [2.24, 2.45) is 0 Å². The Morgan fingerprint density at radius 3 is 2.65 bits per heavy atom. The Morgan fingerprint density at radius 1 is 1.10 bits per heavy atom. The molecule has 0 bridgehead atoms. The fourth-order valence-electron chi connectivity index (χ4n) is 2.03. The van der Waals surface area contributed by atoms with Gasteiger partial charge in [-0.3, -0.25) is 0 Å². The maximum Gasteiger partial charge on any atom is 0.124 e. The molecule has 2 aromatic rings. The van der Waals surface area contributed by atoms with E-state index in [2.05, 4.69) is 18.3 Å².